The Kier molecular flexibility index (Phi) is 5.64. The minimum Gasteiger partial charge on any atom is -0.325 e. The Bertz CT molecular complexity index is 1230. The Balaban J connectivity index is 1.48. The van der Waals surface area contributed by atoms with Gasteiger partial charge in [0.25, 0.3) is 5.56 Å². The van der Waals surface area contributed by atoms with E-state index in [1.54, 1.807) is 22.8 Å². The standard InChI is InChI=1S/C21H21N5O2S/c1-2-25-14-22-19-18(25)20(27)24-21(28)26(19)13-16-10-8-15(9-11-16)12-23-29-17-6-4-3-5-7-17/h3-11,14,23H,2,12-13H2,1H3,(H,24,27,28). The molecule has 0 saturated carbocycles. The van der Waals surface area contributed by atoms with E-state index in [2.05, 4.69) is 26.8 Å². The van der Waals surface area contributed by atoms with Crippen molar-refractivity contribution in [3.8, 4) is 0 Å². The quantitative estimate of drug-likeness (QED) is 0.460. The van der Waals surface area contributed by atoms with Gasteiger partial charge < -0.3 is 4.57 Å². The fourth-order valence-electron chi connectivity index (χ4n) is 3.14. The molecule has 4 aromatic rings. The van der Waals surface area contributed by atoms with E-state index in [1.807, 2.05) is 49.4 Å². The first kappa shape index (κ1) is 19.2. The van der Waals surface area contributed by atoms with Crippen LogP contribution in [0.2, 0.25) is 0 Å². The van der Waals surface area contributed by atoms with Crippen LogP contribution in [0.25, 0.3) is 11.2 Å². The molecular formula is C21H21N5O2S. The molecule has 0 unspecified atom stereocenters. The van der Waals surface area contributed by atoms with E-state index in [9.17, 15) is 9.59 Å². The monoisotopic (exact) mass is 407 g/mol. The van der Waals surface area contributed by atoms with Crippen molar-refractivity contribution in [1.29, 1.82) is 0 Å². The third kappa shape index (κ3) is 4.18. The number of aryl methyl sites for hydroxylation is 1. The van der Waals surface area contributed by atoms with E-state index in [1.165, 1.54) is 4.57 Å². The maximum atomic E-state index is 12.3. The second-order valence-electron chi connectivity index (χ2n) is 6.60. The van der Waals surface area contributed by atoms with Crippen LogP contribution >= 0.6 is 11.9 Å². The second-order valence-corrected chi connectivity index (χ2v) is 7.57. The lowest BCUT2D eigenvalue weighted by Gasteiger charge is -2.09. The van der Waals surface area contributed by atoms with Crippen LogP contribution in [0, 0.1) is 0 Å². The van der Waals surface area contributed by atoms with Gasteiger partial charge in [-0.15, -0.1) is 0 Å². The maximum absolute atomic E-state index is 12.3. The minimum absolute atomic E-state index is 0.347. The van der Waals surface area contributed by atoms with Gasteiger partial charge in [-0.3, -0.25) is 19.1 Å². The van der Waals surface area contributed by atoms with Crippen molar-refractivity contribution in [3.05, 3.63) is 92.9 Å². The Morgan fingerprint density at radius 2 is 1.76 bits per heavy atom. The zero-order valence-electron chi connectivity index (χ0n) is 16.0. The number of benzene rings is 2. The highest BCUT2D eigenvalue weighted by Gasteiger charge is 2.13. The summed E-state index contributed by atoms with van der Waals surface area (Å²) < 4.78 is 6.59. The molecule has 0 aliphatic rings. The average Bonchev–Trinajstić information content (AvgIpc) is 3.18. The molecule has 2 aromatic heterocycles. The number of hydrogen-bond donors (Lipinski definition) is 2. The summed E-state index contributed by atoms with van der Waals surface area (Å²) in [7, 11) is 0. The van der Waals surface area contributed by atoms with E-state index in [0.717, 1.165) is 22.6 Å². The predicted molar refractivity (Wildman–Crippen MR) is 115 cm³/mol. The maximum Gasteiger partial charge on any atom is 0.330 e. The molecule has 0 spiro atoms. The topological polar surface area (TPSA) is 84.7 Å². The predicted octanol–water partition coefficient (Wildman–Crippen LogP) is 2.75. The normalized spacial score (nSPS) is 11.2. The van der Waals surface area contributed by atoms with Crippen LogP contribution in [0.5, 0.6) is 0 Å². The smallest absolute Gasteiger partial charge is 0.325 e. The molecule has 2 aromatic carbocycles. The van der Waals surface area contributed by atoms with Crippen molar-refractivity contribution in [2.75, 3.05) is 0 Å². The Labute approximate surface area is 171 Å². The number of H-pyrrole nitrogens is 1. The SMILES string of the molecule is CCn1cnc2c1c(=O)[nH]c(=O)n2Cc1ccc(CNSc2ccccc2)cc1. The summed E-state index contributed by atoms with van der Waals surface area (Å²) in [6.45, 7) is 3.61. The summed E-state index contributed by atoms with van der Waals surface area (Å²) in [4.78, 5) is 32.3. The molecule has 4 rings (SSSR count). The number of aromatic nitrogens is 4. The third-order valence-electron chi connectivity index (χ3n) is 4.67. The van der Waals surface area contributed by atoms with E-state index in [0.29, 0.717) is 24.3 Å². The summed E-state index contributed by atoms with van der Waals surface area (Å²) in [6, 6.07) is 18.2. The molecule has 0 bridgehead atoms. The van der Waals surface area contributed by atoms with Crippen LogP contribution in [0.4, 0.5) is 0 Å². The van der Waals surface area contributed by atoms with Crippen LogP contribution in [0.1, 0.15) is 18.1 Å². The average molecular weight is 407 g/mol. The van der Waals surface area contributed by atoms with Gasteiger partial charge in [0.05, 0.1) is 12.9 Å². The van der Waals surface area contributed by atoms with Gasteiger partial charge in [0.1, 0.15) is 0 Å². The van der Waals surface area contributed by atoms with E-state index in [-0.39, 0.29) is 0 Å². The molecule has 8 heteroatoms. The summed E-state index contributed by atoms with van der Waals surface area (Å²) in [6.07, 6.45) is 1.59. The number of nitrogens with zero attached hydrogens (tertiary/aromatic N) is 3. The molecule has 2 N–H and O–H groups in total. The second kappa shape index (κ2) is 8.50. The number of hydrogen-bond acceptors (Lipinski definition) is 5. The molecule has 0 amide bonds. The number of rotatable bonds is 7. The lowest BCUT2D eigenvalue weighted by atomic mass is 10.1. The summed E-state index contributed by atoms with van der Waals surface area (Å²) >= 11 is 1.59. The zero-order chi connectivity index (χ0) is 20.2. The van der Waals surface area contributed by atoms with Gasteiger partial charge in [0, 0.05) is 18.0 Å². The number of aromatic amines is 1. The van der Waals surface area contributed by atoms with Gasteiger partial charge in [0.15, 0.2) is 11.2 Å². The highest BCUT2D eigenvalue weighted by atomic mass is 32.2. The molecule has 148 valence electrons. The molecule has 7 nitrogen and oxygen atoms in total. The van der Waals surface area contributed by atoms with Gasteiger partial charge in [0.2, 0.25) is 0 Å². The van der Waals surface area contributed by atoms with E-state index in [4.69, 9.17) is 0 Å². The van der Waals surface area contributed by atoms with Gasteiger partial charge in [-0.2, -0.15) is 0 Å². The Morgan fingerprint density at radius 3 is 2.48 bits per heavy atom. The molecule has 0 aliphatic heterocycles. The first-order valence-corrected chi connectivity index (χ1v) is 10.2. The van der Waals surface area contributed by atoms with E-state index >= 15 is 0 Å². The van der Waals surface area contributed by atoms with Crippen molar-refractivity contribution in [1.82, 2.24) is 23.8 Å². The molecule has 0 fully saturated rings. The molecule has 29 heavy (non-hydrogen) atoms. The number of fused-ring (bicyclic) bond motifs is 1. The molecular weight excluding hydrogens is 386 g/mol. The minimum atomic E-state index is -0.450. The van der Waals surface area contributed by atoms with Crippen LogP contribution in [0.15, 0.2) is 75.4 Å². The lowest BCUT2D eigenvalue weighted by Crippen LogP contribution is -2.31. The highest BCUT2D eigenvalue weighted by Crippen LogP contribution is 2.15. The highest BCUT2D eigenvalue weighted by molar-refractivity contribution is 7.97. The van der Waals surface area contributed by atoms with Crippen molar-refractivity contribution in [3.63, 3.8) is 0 Å². The molecule has 0 atom stereocenters. The van der Waals surface area contributed by atoms with Crippen molar-refractivity contribution < 1.29 is 0 Å². The Hall–Kier alpha value is -3.10. The summed E-state index contributed by atoms with van der Waals surface area (Å²) in [5.74, 6) is 0. The summed E-state index contributed by atoms with van der Waals surface area (Å²) in [5.41, 5.74) is 2.08. The van der Waals surface area contributed by atoms with Crippen molar-refractivity contribution in [2.24, 2.45) is 0 Å². The Morgan fingerprint density at radius 1 is 1.03 bits per heavy atom. The van der Waals surface area contributed by atoms with Gasteiger partial charge in [-0.05, 0) is 42.1 Å². The van der Waals surface area contributed by atoms with Crippen LogP contribution in [0.3, 0.4) is 0 Å². The molecule has 0 saturated heterocycles. The van der Waals surface area contributed by atoms with E-state index < -0.39 is 11.2 Å². The molecule has 0 aliphatic carbocycles. The van der Waals surface area contributed by atoms with Crippen molar-refractivity contribution >= 4 is 23.1 Å². The largest absolute Gasteiger partial charge is 0.330 e. The molecule has 0 radical (unpaired) electrons. The first-order chi connectivity index (χ1) is 14.2. The van der Waals surface area contributed by atoms with Crippen LogP contribution in [-0.4, -0.2) is 19.1 Å². The van der Waals surface area contributed by atoms with Crippen molar-refractivity contribution in [2.45, 2.75) is 31.5 Å². The van der Waals surface area contributed by atoms with Gasteiger partial charge in [-0.1, -0.05) is 42.5 Å². The third-order valence-corrected chi connectivity index (χ3v) is 5.47. The molecule has 2 heterocycles. The fraction of sp³-hybridized carbons (Fsp3) is 0.190. The van der Waals surface area contributed by atoms with Gasteiger partial charge in [-0.25, -0.2) is 9.78 Å². The van der Waals surface area contributed by atoms with Crippen LogP contribution < -0.4 is 16.0 Å². The van der Waals surface area contributed by atoms with Gasteiger partial charge >= 0.3 is 5.69 Å². The zero-order valence-corrected chi connectivity index (χ0v) is 16.8. The van der Waals surface area contributed by atoms with Crippen LogP contribution in [-0.2, 0) is 19.6 Å². The fourth-order valence-corrected chi connectivity index (χ4v) is 3.84. The number of imidazole rings is 1. The summed E-state index contributed by atoms with van der Waals surface area (Å²) in [5, 5.41) is 0. The number of nitrogens with one attached hydrogen (secondary N) is 2. The first-order valence-electron chi connectivity index (χ1n) is 9.36. The lowest BCUT2D eigenvalue weighted by molar-refractivity contribution is 0.742.